The molecule has 3 nitrogen and oxygen atoms in total. The Morgan fingerprint density at radius 3 is 2.38 bits per heavy atom. The minimum Gasteiger partial charge on any atom is -0.351 e. The largest absolute Gasteiger partial charge is 0.351 e. The fourth-order valence-corrected chi connectivity index (χ4v) is 2.16. The predicted molar refractivity (Wildman–Crippen MR) is 70.8 cm³/mol. The smallest absolute Gasteiger partial charge is 0.234 e. The molecule has 2 atom stereocenters. The highest BCUT2D eigenvalue weighted by atomic mass is 79.9. The van der Waals surface area contributed by atoms with Gasteiger partial charge in [-0.3, -0.25) is 4.79 Å². The number of amides is 1. The lowest BCUT2D eigenvalue weighted by molar-refractivity contribution is -0.121. The summed E-state index contributed by atoms with van der Waals surface area (Å²) >= 11 is 3.42. The molecule has 1 N–H and O–H groups in total. The summed E-state index contributed by atoms with van der Waals surface area (Å²) < 4.78 is 0. The quantitative estimate of drug-likeness (QED) is 0.786. The maximum Gasteiger partial charge on any atom is 0.234 e. The van der Waals surface area contributed by atoms with Crippen molar-refractivity contribution in [3.63, 3.8) is 0 Å². The third-order valence-electron chi connectivity index (χ3n) is 2.96. The molecule has 1 aliphatic rings. The summed E-state index contributed by atoms with van der Waals surface area (Å²) in [5.74, 6) is 0.445. The lowest BCUT2D eigenvalue weighted by Crippen LogP contribution is -2.44. The number of nitrogens with one attached hydrogen (secondary N) is 1. The van der Waals surface area contributed by atoms with E-state index < -0.39 is 0 Å². The van der Waals surface area contributed by atoms with E-state index in [9.17, 15) is 4.79 Å². The molecule has 0 saturated carbocycles. The van der Waals surface area contributed by atoms with Crippen molar-refractivity contribution < 1.29 is 4.79 Å². The van der Waals surface area contributed by atoms with E-state index in [2.05, 4.69) is 33.1 Å². The SMILES string of the molecule is CC(CN1CCCC1)NC(=O)C(Br)C(C)C. The van der Waals surface area contributed by atoms with Gasteiger partial charge in [0.15, 0.2) is 0 Å². The van der Waals surface area contributed by atoms with Gasteiger partial charge in [0.25, 0.3) is 0 Å². The molecular formula is C12H23BrN2O. The van der Waals surface area contributed by atoms with Crippen molar-refractivity contribution in [1.29, 1.82) is 0 Å². The molecule has 16 heavy (non-hydrogen) atoms. The van der Waals surface area contributed by atoms with Gasteiger partial charge < -0.3 is 10.2 Å². The highest BCUT2D eigenvalue weighted by molar-refractivity contribution is 9.10. The van der Waals surface area contributed by atoms with Crippen LogP contribution in [0.25, 0.3) is 0 Å². The van der Waals surface area contributed by atoms with Gasteiger partial charge in [-0.05, 0) is 38.8 Å². The number of likely N-dealkylation sites (tertiary alicyclic amines) is 1. The van der Waals surface area contributed by atoms with Crippen LogP contribution in [0.3, 0.4) is 0 Å². The van der Waals surface area contributed by atoms with Crippen LogP contribution in [0.5, 0.6) is 0 Å². The van der Waals surface area contributed by atoms with Gasteiger partial charge in [0.2, 0.25) is 5.91 Å². The van der Waals surface area contributed by atoms with E-state index in [1.54, 1.807) is 0 Å². The summed E-state index contributed by atoms with van der Waals surface area (Å²) in [5.41, 5.74) is 0. The molecule has 4 heteroatoms. The zero-order valence-electron chi connectivity index (χ0n) is 10.5. The lowest BCUT2D eigenvalue weighted by atomic mass is 10.1. The minimum absolute atomic E-state index is 0.0754. The standard InChI is InChI=1S/C12H23BrN2O/c1-9(2)11(13)12(16)14-10(3)8-15-6-4-5-7-15/h9-11H,4-8H2,1-3H3,(H,14,16). The highest BCUT2D eigenvalue weighted by Gasteiger charge is 2.21. The average molecular weight is 291 g/mol. The van der Waals surface area contributed by atoms with E-state index in [1.165, 1.54) is 25.9 Å². The van der Waals surface area contributed by atoms with Gasteiger partial charge >= 0.3 is 0 Å². The summed E-state index contributed by atoms with van der Waals surface area (Å²) in [4.78, 5) is 14.1. The van der Waals surface area contributed by atoms with Crippen molar-refractivity contribution in [2.45, 2.75) is 44.5 Å². The molecule has 0 aromatic rings. The molecule has 1 heterocycles. The second-order valence-electron chi connectivity index (χ2n) is 5.06. The minimum atomic E-state index is -0.0754. The maximum absolute atomic E-state index is 11.8. The number of carbonyl (C=O) groups is 1. The fraction of sp³-hybridized carbons (Fsp3) is 0.917. The number of hydrogen-bond acceptors (Lipinski definition) is 2. The summed E-state index contributed by atoms with van der Waals surface area (Å²) in [7, 11) is 0. The van der Waals surface area contributed by atoms with Crippen molar-refractivity contribution in [2.24, 2.45) is 5.92 Å². The summed E-state index contributed by atoms with van der Waals surface area (Å²) in [6.45, 7) is 9.51. The number of halogens is 1. The van der Waals surface area contributed by atoms with Crippen LogP contribution < -0.4 is 5.32 Å². The Hall–Kier alpha value is -0.0900. The van der Waals surface area contributed by atoms with Crippen LogP contribution in [0.1, 0.15) is 33.6 Å². The molecule has 1 saturated heterocycles. The van der Waals surface area contributed by atoms with Crippen LogP contribution in [-0.4, -0.2) is 41.3 Å². The van der Waals surface area contributed by atoms with Gasteiger partial charge in [0.1, 0.15) is 0 Å². The number of nitrogens with zero attached hydrogens (tertiary/aromatic N) is 1. The lowest BCUT2D eigenvalue weighted by Gasteiger charge is -2.23. The Morgan fingerprint density at radius 2 is 1.88 bits per heavy atom. The van der Waals surface area contributed by atoms with Crippen LogP contribution in [0, 0.1) is 5.92 Å². The van der Waals surface area contributed by atoms with Crippen molar-refractivity contribution in [1.82, 2.24) is 10.2 Å². The molecule has 0 radical (unpaired) electrons. The molecule has 2 unspecified atom stereocenters. The van der Waals surface area contributed by atoms with E-state index in [4.69, 9.17) is 0 Å². The van der Waals surface area contributed by atoms with Gasteiger partial charge in [-0.2, -0.15) is 0 Å². The molecule has 1 rings (SSSR count). The van der Waals surface area contributed by atoms with Crippen molar-refractivity contribution >= 4 is 21.8 Å². The number of carbonyl (C=O) groups excluding carboxylic acids is 1. The van der Waals surface area contributed by atoms with Gasteiger partial charge in [-0.25, -0.2) is 0 Å². The maximum atomic E-state index is 11.8. The molecule has 1 amide bonds. The number of alkyl halides is 1. The molecule has 0 aliphatic carbocycles. The van der Waals surface area contributed by atoms with Gasteiger partial charge in [-0.15, -0.1) is 0 Å². The highest BCUT2D eigenvalue weighted by Crippen LogP contribution is 2.12. The summed E-state index contributed by atoms with van der Waals surface area (Å²) in [6, 6.07) is 0.240. The Labute approximate surface area is 107 Å². The second-order valence-corrected chi connectivity index (χ2v) is 6.05. The summed E-state index contributed by atoms with van der Waals surface area (Å²) in [6.07, 6.45) is 2.60. The monoisotopic (exact) mass is 290 g/mol. The number of hydrogen-bond donors (Lipinski definition) is 1. The molecule has 1 fully saturated rings. The first-order valence-corrected chi connectivity index (χ1v) is 7.09. The van der Waals surface area contributed by atoms with E-state index in [1.807, 2.05) is 13.8 Å². The molecule has 0 aromatic carbocycles. The molecule has 1 aliphatic heterocycles. The Bertz CT molecular complexity index is 227. The van der Waals surface area contributed by atoms with Crippen LogP contribution in [0.15, 0.2) is 0 Å². The molecular weight excluding hydrogens is 268 g/mol. The predicted octanol–water partition coefficient (Wildman–Crippen LogP) is 2.01. The molecule has 0 spiro atoms. The first-order valence-electron chi connectivity index (χ1n) is 6.17. The topological polar surface area (TPSA) is 32.3 Å². The van der Waals surface area contributed by atoms with Crippen molar-refractivity contribution in [3.05, 3.63) is 0 Å². The normalized spacial score (nSPS) is 21.1. The van der Waals surface area contributed by atoms with Gasteiger partial charge in [0.05, 0.1) is 4.83 Å². The van der Waals surface area contributed by atoms with E-state index in [0.717, 1.165) is 6.54 Å². The molecule has 0 aromatic heterocycles. The van der Waals surface area contributed by atoms with Crippen LogP contribution >= 0.6 is 15.9 Å². The van der Waals surface area contributed by atoms with Crippen molar-refractivity contribution in [3.8, 4) is 0 Å². The fourth-order valence-electron chi connectivity index (χ4n) is 2.02. The zero-order chi connectivity index (χ0) is 12.1. The molecule has 94 valence electrons. The first kappa shape index (κ1) is 14.0. The zero-order valence-corrected chi connectivity index (χ0v) is 12.1. The third-order valence-corrected chi connectivity index (χ3v) is 4.43. The summed E-state index contributed by atoms with van der Waals surface area (Å²) in [5, 5.41) is 3.06. The van der Waals surface area contributed by atoms with Gasteiger partial charge in [0, 0.05) is 12.6 Å². The number of rotatable bonds is 5. The average Bonchev–Trinajstić information content (AvgIpc) is 2.68. The van der Waals surface area contributed by atoms with E-state index >= 15 is 0 Å². The Kier molecular flexibility index (Phi) is 5.76. The van der Waals surface area contributed by atoms with Crippen LogP contribution in [0.4, 0.5) is 0 Å². The second kappa shape index (κ2) is 6.60. The third kappa shape index (κ3) is 4.42. The Balaban J connectivity index is 2.27. The van der Waals surface area contributed by atoms with E-state index in [-0.39, 0.29) is 16.8 Å². The molecule has 0 bridgehead atoms. The van der Waals surface area contributed by atoms with Crippen LogP contribution in [-0.2, 0) is 4.79 Å². The Morgan fingerprint density at radius 1 is 1.31 bits per heavy atom. The van der Waals surface area contributed by atoms with Gasteiger partial charge in [-0.1, -0.05) is 29.8 Å². The first-order chi connectivity index (χ1) is 7.50. The van der Waals surface area contributed by atoms with Crippen molar-refractivity contribution in [2.75, 3.05) is 19.6 Å². The van der Waals surface area contributed by atoms with Crippen LogP contribution in [0.2, 0.25) is 0 Å². The van der Waals surface area contributed by atoms with E-state index in [0.29, 0.717) is 5.92 Å².